The number of phenols is 2. The topological polar surface area (TPSA) is 106 Å². The zero-order valence-electron chi connectivity index (χ0n) is 16.1. The molecule has 1 fully saturated rings. The summed E-state index contributed by atoms with van der Waals surface area (Å²) < 4.78 is 27.2. The fraction of sp³-hybridized carbons (Fsp3) is 0.300. The van der Waals surface area contributed by atoms with Crippen LogP contribution < -0.4 is 10.1 Å². The predicted molar refractivity (Wildman–Crippen MR) is 104 cm³/mol. The Kier molecular flexibility index (Phi) is 4.34. The van der Waals surface area contributed by atoms with Crippen LogP contribution >= 0.6 is 0 Å². The number of amides is 1. The van der Waals surface area contributed by atoms with Crippen LogP contribution in [0.4, 0.5) is 10.1 Å². The van der Waals surface area contributed by atoms with E-state index in [0.29, 0.717) is 29.9 Å². The fourth-order valence-corrected chi connectivity index (χ4v) is 3.54. The minimum atomic E-state index is -1.01. The number of imidazole rings is 1. The van der Waals surface area contributed by atoms with Gasteiger partial charge >= 0.3 is 0 Å². The maximum absolute atomic E-state index is 14.9. The van der Waals surface area contributed by atoms with Crippen molar-refractivity contribution in [3.8, 4) is 28.6 Å². The number of rotatable bonds is 4. The number of aromatic nitrogens is 2. The third-order valence-corrected chi connectivity index (χ3v) is 4.98. The molecule has 8 nitrogen and oxygen atoms in total. The molecule has 0 spiro atoms. The molecule has 0 bridgehead atoms. The first-order valence-corrected chi connectivity index (χ1v) is 8.92. The van der Waals surface area contributed by atoms with Crippen LogP contribution in [0, 0.1) is 5.82 Å². The molecule has 9 heteroatoms. The third-order valence-electron chi connectivity index (χ3n) is 4.98. The van der Waals surface area contributed by atoms with Gasteiger partial charge < -0.3 is 29.6 Å². The minimum Gasteiger partial charge on any atom is -0.502 e. The summed E-state index contributed by atoms with van der Waals surface area (Å²) in [6.45, 7) is 4.13. The van der Waals surface area contributed by atoms with Crippen molar-refractivity contribution in [1.82, 2.24) is 9.55 Å². The van der Waals surface area contributed by atoms with Crippen molar-refractivity contribution in [1.29, 1.82) is 0 Å². The lowest BCUT2D eigenvalue weighted by molar-refractivity contribution is -0.114. The molecular formula is C20H20FN3O5. The van der Waals surface area contributed by atoms with Crippen molar-refractivity contribution in [3.63, 3.8) is 0 Å². The van der Waals surface area contributed by atoms with Gasteiger partial charge in [0, 0.05) is 12.6 Å². The molecule has 3 N–H and O–H groups in total. The lowest BCUT2D eigenvalue weighted by Crippen LogP contribution is -2.49. The average Bonchev–Trinajstić information content (AvgIpc) is 3.03. The number of fused-ring (bicyclic) bond motifs is 1. The first-order chi connectivity index (χ1) is 13.7. The number of benzene rings is 2. The monoisotopic (exact) mass is 401 g/mol. The van der Waals surface area contributed by atoms with Crippen LogP contribution in [0.3, 0.4) is 0 Å². The van der Waals surface area contributed by atoms with Gasteiger partial charge in [-0.3, -0.25) is 4.79 Å². The van der Waals surface area contributed by atoms with Crippen molar-refractivity contribution in [3.05, 3.63) is 30.1 Å². The van der Waals surface area contributed by atoms with Crippen LogP contribution in [0.1, 0.15) is 13.8 Å². The van der Waals surface area contributed by atoms with Crippen molar-refractivity contribution < 1.29 is 28.9 Å². The number of aromatic hydroxyl groups is 2. The molecule has 1 amide bonds. The summed E-state index contributed by atoms with van der Waals surface area (Å²) in [6, 6.07) is 6.47. The second kappa shape index (κ2) is 6.63. The lowest BCUT2D eigenvalue weighted by Gasteiger charge is -2.40. The number of nitrogens with zero attached hydrogens (tertiary/aromatic N) is 2. The van der Waals surface area contributed by atoms with E-state index in [1.54, 1.807) is 18.2 Å². The summed E-state index contributed by atoms with van der Waals surface area (Å²) in [6.07, 6.45) is 0. The molecule has 2 heterocycles. The number of carbonyl (C=O) groups is 1. The number of hydrogen-bond acceptors (Lipinski definition) is 6. The maximum Gasteiger partial charge on any atom is 0.221 e. The molecule has 0 atom stereocenters. The van der Waals surface area contributed by atoms with E-state index in [4.69, 9.17) is 9.47 Å². The Hall–Kier alpha value is -3.33. The second-order valence-corrected chi connectivity index (χ2v) is 7.28. The number of carbonyl (C=O) groups excluding carboxylic acids is 1. The largest absolute Gasteiger partial charge is 0.502 e. The van der Waals surface area contributed by atoms with Gasteiger partial charge in [-0.2, -0.15) is 0 Å². The van der Waals surface area contributed by atoms with E-state index < -0.39 is 22.9 Å². The van der Waals surface area contributed by atoms with Crippen LogP contribution in [-0.2, 0) is 15.1 Å². The molecule has 0 saturated carbocycles. The van der Waals surface area contributed by atoms with Gasteiger partial charge in [-0.1, -0.05) is 0 Å². The number of anilines is 1. The Labute approximate surface area is 165 Å². The Balaban J connectivity index is 2.01. The number of methoxy groups -OCH3 is 1. The van der Waals surface area contributed by atoms with Crippen molar-refractivity contribution in [2.45, 2.75) is 19.4 Å². The zero-order valence-corrected chi connectivity index (χ0v) is 16.1. The van der Waals surface area contributed by atoms with Crippen LogP contribution in [0.5, 0.6) is 17.2 Å². The van der Waals surface area contributed by atoms with Gasteiger partial charge in [0.25, 0.3) is 0 Å². The fourth-order valence-electron chi connectivity index (χ4n) is 3.54. The smallest absolute Gasteiger partial charge is 0.221 e. The van der Waals surface area contributed by atoms with E-state index in [2.05, 4.69) is 10.3 Å². The second-order valence-electron chi connectivity index (χ2n) is 7.28. The molecule has 29 heavy (non-hydrogen) atoms. The average molecular weight is 401 g/mol. The molecule has 1 aromatic heterocycles. The predicted octanol–water partition coefficient (Wildman–Crippen LogP) is 2.97. The van der Waals surface area contributed by atoms with Gasteiger partial charge in [0.15, 0.2) is 17.3 Å². The highest BCUT2D eigenvalue weighted by molar-refractivity contribution is 5.92. The van der Waals surface area contributed by atoms with E-state index in [-0.39, 0.29) is 23.0 Å². The molecule has 0 unspecified atom stereocenters. The number of halogens is 1. The van der Waals surface area contributed by atoms with Crippen LogP contribution in [-0.4, -0.2) is 46.0 Å². The first-order valence-electron chi connectivity index (χ1n) is 8.92. The molecule has 4 rings (SSSR count). The summed E-state index contributed by atoms with van der Waals surface area (Å²) >= 11 is 0. The number of phenolic OH excluding ortho intramolecular Hbond substituents is 2. The van der Waals surface area contributed by atoms with E-state index in [9.17, 15) is 19.4 Å². The van der Waals surface area contributed by atoms with Gasteiger partial charge in [0.1, 0.15) is 5.82 Å². The van der Waals surface area contributed by atoms with Gasteiger partial charge in [0.05, 0.1) is 42.5 Å². The zero-order chi connectivity index (χ0) is 20.9. The number of hydrogen-bond donors (Lipinski definition) is 3. The molecule has 1 saturated heterocycles. The standard InChI is InChI=1S/C20H20FN3O5/c1-10(25)22-11-4-5-13-14(6-11)24(20(2)8-29-9-20)19(23-13)12-7-15(28-3)17(26)18(27)16(12)21/h4-7,26-27H,8-9H2,1-3H3,(H,22,25). The van der Waals surface area contributed by atoms with Crippen molar-refractivity contribution in [2.75, 3.05) is 25.6 Å². The summed E-state index contributed by atoms with van der Waals surface area (Å²) in [5.41, 5.74) is 1.29. The lowest BCUT2D eigenvalue weighted by atomic mass is 9.98. The Morgan fingerprint density at radius 1 is 1.31 bits per heavy atom. The van der Waals surface area contributed by atoms with E-state index in [0.717, 1.165) is 0 Å². The quantitative estimate of drug-likeness (QED) is 0.581. The summed E-state index contributed by atoms with van der Waals surface area (Å²) in [4.78, 5) is 16.0. The highest BCUT2D eigenvalue weighted by atomic mass is 19.1. The SMILES string of the molecule is COc1cc(-c2nc3ccc(NC(C)=O)cc3n2C2(C)COC2)c(F)c(O)c1O. The third kappa shape index (κ3) is 2.94. The molecule has 2 aromatic carbocycles. The summed E-state index contributed by atoms with van der Waals surface area (Å²) in [5, 5.41) is 22.7. The number of nitrogens with one attached hydrogen (secondary N) is 1. The molecule has 1 aliphatic rings. The molecule has 1 aliphatic heterocycles. The van der Waals surface area contributed by atoms with Gasteiger partial charge in [-0.05, 0) is 31.2 Å². The molecular weight excluding hydrogens is 381 g/mol. The summed E-state index contributed by atoms with van der Waals surface area (Å²) in [7, 11) is 1.31. The highest BCUT2D eigenvalue weighted by Gasteiger charge is 2.39. The van der Waals surface area contributed by atoms with Crippen LogP contribution in [0.2, 0.25) is 0 Å². The van der Waals surface area contributed by atoms with E-state index in [1.165, 1.54) is 20.1 Å². The number of ether oxygens (including phenoxy) is 2. The first kappa shape index (κ1) is 19.0. The maximum atomic E-state index is 14.9. The molecule has 3 aromatic rings. The van der Waals surface area contributed by atoms with Crippen molar-refractivity contribution in [2.24, 2.45) is 0 Å². The molecule has 0 aliphatic carbocycles. The van der Waals surface area contributed by atoms with E-state index in [1.807, 2.05) is 11.5 Å². The summed E-state index contributed by atoms with van der Waals surface area (Å²) in [5.74, 6) is -2.64. The Morgan fingerprint density at radius 2 is 2.03 bits per heavy atom. The van der Waals surface area contributed by atoms with Crippen LogP contribution in [0.25, 0.3) is 22.4 Å². The molecule has 0 radical (unpaired) electrons. The van der Waals surface area contributed by atoms with Gasteiger partial charge in [0.2, 0.25) is 11.7 Å². The minimum absolute atomic E-state index is 0.0254. The van der Waals surface area contributed by atoms with Gasteiger partial charge in [-0.25, -0.2) is 9.37 Å². The molecule has 152 valence electrons. The Morgan fingerprint density at radius 3 is 2.62 bits per heavy atom. The van der Waals surface area contributed by atoms with E-state index >= 15 is 0 Å². The Bertz CT molecular complexity index is 1140. The van der Waals surface area contributed by atoms with Crippen molar-refractivity contribution >= 4 is 22.6 Å². The normalized spacial score (nSPS) is 15.2. The van der Waals surface area contributed by atoms with Gasteiger partial charge in [-0.15, -0.1) is 0 Å². The highest BCUT2D eigenvalue weighted by Crippen LogP contribution is 2.44. The van der Waals surface area contributed by atoms with Crippen LogP contribution in [0.15, 0.2) is 24.3 Å².